The van der Waals surface area contributed by atoms with Crippen LogP contribution >= 0.6 is 0 Å². The molecule has 1 atom stereocenters. The summed E-state index contributed by atoms with van der Waals surface area (Å²) in [6.07, 6.45) is 5.63. The minimum absolute atomic E-state index is 0.0868. The number of carbonyl (C=O) groups is 4. The molecule has 6 rings (SSSR count). The first-order chi connectivity index (χ1) is 19.8. The van der Waals surface area contributed by atoms with E-state index in [0.717, 1.165) is 34.5 Å². The third-order valence-corrected chi connectivity index (χ3v) is 7.86. The molecule has 3 aromatic rings. The van der Waals surface area contributed by atoms with Crippen LogP contribution in [0.1, 0.15) is 59.0 Å². The fourth-order valence-corrected chi connectivity index (χ4v) is 5.54. The molecule has 2 fully saturated rings. The zero-order valence-corrected chi connectivity index (χ0v) is 22.4. The second-order valence-electron chi connectivity index (χ2n) is 10.7. The molecule has 2 aromatic carbocycles. The highest BCUT2D eigenvalue weighted by Gasteiger charge is 2.44. The van der Waals surface area contributed by atoms with Gasteiger partial charge < -0.3 is 16.0 Å². The number of allylic oxidation sites excluding steroid dienone is 1. The van der Waals surface area contributed by atoms with Gasteiger partial charge in [-0.3, -0.25) is 34.4 Å². The van der Waals surface area contributed by atoms with Gasteiger partial charge in [-0.25, -0.2) is 4.98 Å². The Balaban J connectivity index is 1.04. The number of aromatic nitrogens is 2. The zero-order chi connectivity index (χ0) is 28.7. The summed E-state index contributed by atoms with van der Waals surface area (Å²) in [5.74, 6) is -1.64. The van der Waals surface area contributed by atoms with Gasteiger partial charge in [0.15, 0.2) is 0 Å². The fourth-order valence-electron chi connectivity index (χ4n) is 5.54. The monoisotopic (exact) mass is 551 g/mol. The van der Waals surface area contributed by atoms with Gasteiger partial charge in [0.2, 0.25) is 11.8 Å². The SMILES string of the molecule is CC(=N)/C(=C\N[C@H]1C[C@H](CNc2ccc3c(c2)C(=O)N(C2CCC(=O)NC2=O)C3=O)C1)c1cnc2ccccc2n1. The second-order valence-corrected chi connectivity index (χ2v) is 10.7. The molecule has 208 valence electrons. The van der Waals surface area contributed by atoms with Gasteiger partial charge in [-0.2, -0.15) is 0 Å². The molecule has 3 heterocycles. The Morgan fingerprint density at radius 1 is 1.07 bits per heavy atom. The van der Waals surface area contributed by atoms with E-state index in [1.165, 1.54) is 0 Å². The molecule has 1 aromatic heterocycles. The summed E-state index contributed by atoms with van der Waals surface area (Å²) in [5.41, 5.74) is 4.60. The molecule has 11 heteroatoms. The minimum atomic E-state index is -0.977. The van der Waals surface area contributed by atoms with Gasteiger partial charge in [-0.15, -0.1) is 0 Å². The summed E-state index contributed by atoms with van der Waals surface area (Å²) in [6.45, 7) is 2.43. The number of amides is 4. The van der Waals surface area contributed by atoms with Crippen molar-refractivity contribution in [3.63, 3.8) is 0 Å². The fraction of sp³-hybridized carbons (Fsp3) is 0.300. The third-order valence-electron chi connectivity index (χ3n) is 7.86. The van der Waals surface area contributed by atoms with Crippen LogP contribution in [0.25, 0.3) is 16.6 Å². The van der Waals surface area contributed by atoms with Crippen molar-refractivity contribution in [1.29, 1.82) is 5.41 Å². The lowest BCUT2D eigenvalue weighted by molar-refractivity contribution is -0.136. The van der Waals surface area contributed by atoms with E-state index in [1.54, 1.807) is 31.3 Å². The first-order valence-electron chi connectivity index (χ1n) is 13.6. The largest absolute Gasteiger partial charge is 0.388 e. The number of rotatable bonds is 8. The van der Waals surface area contributed by atoms with Crippen LogP contribution in [0, 0.1) is 11.3 Å². The molecule has 1 saturated heterocycles. The molecular weight excluding hydrogens is 522 g/mol. The maximum absolute atomic E-state index is 13.1. The maximum Gasteiger partial charge on any atom is 0.262 e. The maximum atomic E-state index is 13.1. The van der Waals surface area contributed by atoms with E-state index in [4.69, 9.17) is 5.41 Å². The molecule has 11 nitrogen and oxygen atoms in total. The van der Waals surface area contributed by atoms with E-state index in [-0.39, 0.29) is 30.0 Å². The Hall–Kier alpha value is -4.93. The van der Waals surface area contributed by atoms with Gasteiger partial charge >= 0.3 is 0 Å². The predicted octanol–water partition coefficient (Wildman–Crippen LogP) is 2.89. The topological polar surface area (TPSA) is 157 Å². The van der Waals surface area contributed by atoms with Gasteiger partial charge in [0, 0.05) is 42.2 Å². The minimum Gasteiger partial charge on any atom is -0.388 e. The summed E-state index contributed by atoms with van der Waals surface area (Å²) < 4.78 is 0. The van der Waals surface area contributed by atoms with Crippen LogP contribution < -0.4 is 16.0 Å². The molecule has 0 bridgehead atoms. The average Bonchev–Trinajstić information content (AvgIpc) is 3.18. The Kier molecular flexibility index (Phi) is 6.78. The Morgan fingerprint density at radius 3 is 2.59 bits per heavy atom. The molecule has 3 aliphatic rings. The van der Waals surface area contributed by atoms with Crippen molar-refractivity contribution in [1.82, 2.24) is 25.5 Å². The summed E-state index contributed by atoms with van der Waals surface area (Å²) in [4.78, 5) is 59.8. The molecule has 0 spiro atoms. The predicted molar refractivity (Wildman–Crippen MR) is 152 cm³/mol. The summed E-state index contributed by atoms with van der Waals surface area (Å²) in [5, 5.41) is 17.2. The number of piperidine rings is 1. The first kappa shape index (κ1) is 26.3. The quantitative estimate of drug-likeness (QED) is 0.246. The van der Waals surface area contributed by atoms with Crippen molar-refractivity contribution in [2.24, 2.45) is 5.92 Å². The number of fused-ring (bicyclic) bond motifs is 2. The molecule has 41 heavy (non-hydrogen) atoms. The van der Waals surface area contributed by atoms with Crippen LogP contribution in [0.2, 0.25) is 0 Å². The number of hydrogen-bond acceptors (Lipinski definition) is 9. The van der Waals surface area contributed by atoms with Gasteiger partial charge in [0.25, 0.3) is 11.8 Å². The Labute approximate surface area is 235 Å². The summed E-state index contributed by atoms with van der Waals surface area (Å²) >= 11 is 0. The zero-order valence-electron chi connectivity index (χ0n) is 22.4. The smallest absolute Gasteiger partial charge is 0.262 e. The summed E-state index contributed by atoms with van der Waals surface area (Å²) in [6, 6.07) is 12.0. The number of nitrogens with zero attached hydrogens (tertiary/aromatic N) is 3. The number of benzene rings is 2. The van der Waals surface area contributed by atoms with E-state index in [0.29, 0.717) is 29.4 Å². The van der Waals surface area contributed by atoms with Crippen molar-refractivity contribution >= 4 is 51.6 Å². The van der Waals surface area contributed by atoms with Gasteiger partial charge in [-0.05, 0) is 62.4 Å². The molecule has 1 aliphatic carbocycles. The van der Waals surface area contributed by atoms with Crippen molar-refractivity contribution < 1.29 is 19.2 Å². The molecule has 4 N–H and O–H groups in total. The highest BCUT2D eigenvalue weighted by molar-refractivity contribution is 6.24. The van der Waals surface area contributed by atoms with E-state index >= 15 is 0 Å². The standard InChI is InChI=1S/C30H29N7O4/c1-16(31)22(25-15-34-23-4-2-3-5-24(23)35-25)14-33-19-10-17(11-19)13-32-18-6-7-20-21(12-18)30(41)37(29(20)40)26-8-9-27(38)36-28(26)39/h2-7,12,14-15,17,19,26,31-33H,8-11,13H2,1H3,(H,36,38,39)/b22-14+,31-16?/t17-,19-,26?. The molecule has 4 amide bonds. The van der Waals surface area contributed by atoms with Crippen LogP contribution in [0.3, 0.4) is 0 Å². The number of nitrogens with one attached hydrogen (secondary N) is 4. The summed E-state index contributed by atoms with van der Waals surface area (Å²) in [7, 11) is 0. The van der Waals surface area contributed by atoms with Crippen LogP contribution in [0.15, 0.2) is 54.9 Å². The van der Waals surface area contributed by atoms with Crippen molar-refractivity contribution in [2.45, 2.75) is 44.7 Å². The van der Waals surface area contributed by atoms with Crippen molar-refractivity contribution in [3.05, 3.63) is 71.7 Å². The number of para-hydroxylation sites is 2. The number of imide groups is 2. The molecular formula is C30H29N7O4. The number of hydrogen-bond donors (Lipinski definition) is 4. The van der Waals surface area contributed by atoms with Gasteiger partial charge in [0.1, 0.15) is 6.04 Å². The van der Waals surface area contributed by atoms with Crippen LogP contribution in [0.4, 0.5) is 5.69 Å². The molecule has 2 aliphatic heterocycles. The lowest BCUT2D eigenvalue weighted by Crippen LogP contribution is -2.54. The second kappa shape index (κ2) is 10.6. The van der Waals surface area contributed by atoms with Crippen LogP contribution in [0.5, 0.6) is 0 Å². The van der Waals surface area contributed by atoms with E-state index in [9.17, 15) is 19.2 Å². The van der Waals surface area contributed by atoms with Crippen molar-refractivity contribution in [3.8, 4) is 0 Å². The lowest BCUT2D eigenvalue weighted by Gasteiger charge is -2.36. The molecule has 1 unspecified atom stereocenters. The van der Waals surface area contributed by atoms with Gasteiger partial charge in [0.05, 0.1) is 34.1 Å². The normalized spacial score (nSPS) is 22.3. The Morgan fingerprint density at radius 2 is 1.83 bits per heavy atom. The van der Waals surface area contributed by atoms with Crippen LogP contribution in [-0.4, -0.2) is 62.8 Å². The van der Waals surface area contributed by atoms with E-state index < -0.39 is 29.7 Å². The van der Waals surface area contributed by atoms with Crippen LogP contribution in [-0.2, 0) is 9.59 Å². The van der Waals surface area contributed by atoms with Gasteiger partial charge in [-0.1, -0.05) is 12.1 Å². The average molecular weight is 552 g/mol. The highest BCUT2D eigenvalue weighted by atomic mass is 16.2. The molecule has 0 radical (unpaired) electrons. The lowest BCUT2D eigenvalue weighted by atomic mass is 9.80. The molecule has 1 saturated carbocycles. The highest BCUT2D eigenvalue weighted by Crippen LogP contribution is 2.31. The Bertz CT molecular complexity index is 1640. The third kappa shape index (κ3) is 5.06. The van der Waals surface area contributed by atoms with E-state index in [1.807, 2.05) is 30.5 Å². The van der Waals surface area contributed by atoms with E-state index in [2.05, 4.69) is 25.9 Å². The first-order valence-corrected chi connectivity index (χ1v) is 13.6. The number of carbonyl (C=O) groups excluding carboxylic acids is 4. The van der Waals surface area contributed by atoms with Crippen molar-refractivity contribution in [2.75, 3.05) is 11.9 Å². The number of anilines is 1.